The summed E-state index contributed by atoms with van der Waals surface area (Å²) in [5.41, 5.74) is -0.280. The molecule has 1 saturated heterocycles. The van der Waals surface area contributed by atoms with Crippen LogP contribution in [-0.2, 0) is 14.8 Å². The Balaban J connectivity index is 1.71. The molecule has 25 heavy (non-hydrogen) atoms. The van der Waals surface area contributed by atoms with E-state index < -0.39 is 10.0 Å². The van der Waals surface area contributed by atoms with E-state index in [9.17, 15) is 13.2 Å². The predicted octanol–water partition coefficient (Wildman–Crippen LogP) is 3.41. The van der Waals surface area contributed by atoms with E-state index in [4.69, 9.17) is 23.2 Å². The molecule has 0 aromatic heterocycles. The van der Waals surface area contributed by atoms with Crippen LogP contribution in [0.1, 0.15) is 32.6 Å². The zero-order valence-corrected chi connectivity index (χ0v) is 16.5. The van der Waals surface area contributed by atoms with Gasteiger partial charge in [-0.1, -0.05) is 49.0 Å². The van der Waals surface area contributed by atoms with Gasteiger partial charge in [0.2, 0.25) is 15.9 Å². The predicted molar refractivity (Wildman–Crippen MR) is 98.4 cm³/mol. The maximum absolute atomic E-state index is 12.8. The number of carbonyl (C=O) groups excluding carboxylic acids is 1. The Morgan fingerprint density at radius 1 is 1.08 bits per heavy atom. The third-order valence-electron chi connectivity index (χ3n) is 5.28. The summed E-state index contributed by atoms with van der Waals surface area (Å²) >= 11 is 12.0. The Morgan fingerprint density at radius 2 is 1.68 bits per heavy atom. The molecule has 1 heterocycles. The summed E-state index contributed by atoms with van der Waals surface area (Å²) in [6, 6.07) is 4.59. The first kappa shape index (κ1) is 19.0. The molecule has 2 aliphatic rings. The second-order valence-electron chi connectivity index (χ2n) is 7.02. The van der Waals surface area contributed by atoms with E-state index in [-0.39, 0.29) is 39.4 Å². The van der Waals surface area contributed by atoms with E-state index in [1.807, 2.05) is 6.92 Å². The Bertz CT molecular complexity index is 768. The monoisotopic (exact) mass is 404 g/mol. The summed E-state index contributed by atoms with van der Waals surface area (Å²) in [5, 5.41) is 0.256. The summed E-state index contributed by atoms with van der Waals surface area (Å²) in [4.78, 5) is 14.6. The molecule has 1 aromatic carbocycles. The average Bonchev–Trinajstić information content (AvgIpc) is 3.04. The number of sulfonamides is 1. The molecule has 138 valence electrons. The fourth-order valence-corrected chi connectivity index (χ4v) is 5.86. The number of benzene rings is 1. The standard InChI is InChI=1S/C17H22Cl2N2O3S/c1-17(7-2-3-8-17)16(22)20-9-11-21(12-10-20)25(23,24)14-6-4-5-13(18)15(14)19/h4-6H,2-3,7-12H2,1H3. The highest BCUT2D eigenvalue weighted by molar-refractivity contribution is 7.89. The first-order chi connectivity index (χ1) is 11.8. The third kappa shape index (κ3) is 3.54. The van der Waals surface area contributed by atoms with Gasteiger partial charge in [0.15, 0.2) is 0 Å². The minimum atomic E-state index is -3.72. The number of hydrogen-bond acceptors (Lipinski definition) is 3. The van der Waals surface area contributed by atoms with E-state index in [0.717, 1.165) is 25.7 Å². The zero-order chi connectivity index (χ0) is 18.2. The van der Waals surface area contributed by atoms with Crippen LogP contribution in [0.15, 0.2) is 23.1 Å². The lowest BCUT2D eigenvalue weighted by atomic mass is 9.87. The number of nitrogens with zero attached hydrogens (tertiary/aromatic N) is 2. The Hall–Kier alpha value is -0.820. The van der Waals surface area contributed by atoms with Crippen molar-refractivity contribution in [2.75, 3.05) is 26.2 Å². The fraction of sp³-hybridized carbons (Fsp3) is 0.588. The van der Waals surface area contributed by atoms with E-state index in [1.165, 1.54) is 10.4 Å². The van der Waals surface area contributed by atoms with Crippen LogP contribution >= 0.6 is 23.2 Å². The van der Waals surface area contributed by atoms with E-state index >= 15 is 0 Å². The van der Waals surface area contributed by atoms with E-state index in [2.05, 4.69) is 0 Å². The van der Waals surface area contributed by atoms with Gasteiger partial charge < -0.3 is 4.90 Å². The highest BCUT2D eigenvalue weighted by Gasteiger charge is 2.41. The summed E-state index contributed by atoms with van der Waals surface area (Å²) in [5.74, 6) is 0.155. The van der Waals surface area contributed by atoms with Gasteiger partial charge in [0.05, 0.1) is 10.0 Å². The zero-order valence-electron chi connectivity index (χ0n) is 14.2. The van der Waals surface area contributed by atoms with Gasteiger partial charge in [0, 0.05) is 31.6 Å². The van der Waals surface area contributed by atoms with Gasteiger partial charge in [-0.3, -0.25) is 4.79 Å². The summed E-state index contributed by atoms with van der Waals surface area (Å²) in [6.45, 7) is 3.38. The third-order valence-corrected chi connectivity index (χ3v) is 8.16. The van der Waals surface area contributed by atoms with Crippen molar-refractivity contribution in [2.45, 2.75) is 37.5 Å². The van der Waals surface area contributed by atoms with Crippen molar-refractivity contribution in [3.05, 3.63) is 28.2 Å². The van der Waals surface area contributed by atoms with Crippen LogP contribution in [0.3, 0.4) is 0 Å². The molecule has 0 N–H and O–H groups in total. The molecule has 0 bridgehead atoms. The van der Waals surface area contributed by atoms with Gasteiger partial charge in [-0.2, -0.15) is 4.31 Å². The highest BCUT2D eigenvalue weighted by Crippen LogP contribution is 2.39. The number of piperazine rings is 1. The molecular weight excluding hydrogens is 383 g/mol. The quantitative estimate of drug-likeness (QED) is 0.775. The molecule has 0 atom stereocenters. The van der Waals surface area contributed by atoms with Gasteiger partial charge in [-0.25, -0.2) is 8.42 Å². The summed E-state index contributed by atoms with van der Waals surface area (Å²) in [6.07, 6.45) is 4.01. The van der Waals surface area contributed by atoms with Gasteiger partial charge in [0.1, 0.15) is 4.90 Å². The van der Waals surface area contributed by atoms with Crippen LogP contribution < -0.4 is 0 Å². The maximum atomic E-state index is 12.8. The minimum absolute atomic E-state index is 0.0178. The second-order valence-corrected chi connectivity index (χ2v) is 9.71. The summed E-state index contributed by atoms with van der Waals surface area (Å²) in [7, 11) is -3.72. The van der Waals surface area contributed by atoms with Crippen LogP contribution in [0.2, 0.25) is 10.0 Å². The lowest BCUT2D eigenvalue weighted by Crippen LogP contribution is -2.53. The molecule has 8 heteroatoms. The van der Waals surface area contributed by atoms with Crippen LogP contribution in [-0.4, -0.2) is 49.7 Å². The molecule has 1 saturated carbocycles. The number of hydrogen-bond donors (Lipinski definition) is 0. The molecule has 0 spiro atoms. The number of carbonyl (C=O) groups is 1. The lowest BCUT2D eigenvalue weighted by Gasteiger charge is -2.38. The van der Waals surface area contributed by atoms with Crippen molar-refractivity contribution < 1.29 is 13.2 Å². The van der Waals surface area contributed by atoms with Crippen molar-refractivity contribution in [1.29, 1.82) is 0 Å². The second kappa shape index (κ2) is 7.06. The van der Waals surface area contributed by atoms with Gasteiger partial charge in [0.25, 0.3) is 0 Å². The molecule has 1 aromatic rings. The average molecular weight is 405 g/mol. The molecule has 1 aliphatic carbocycles. The highest BCUT2D eigenvalue weighted by atomic mass is 35.5. The SMILES string of the molecule is CC1(C(=O)N2CCN(S(=O)(=O)c3cccc(Cl)c3Cl)CC2)CCCC1. The van der Waals surface area contributed by atoms with E-state index in [0.29, 0.717) is 13.1 Å². The fourth-order valence-electron chi connectivity index (χ4n) is 3.70. The van der Waals surface area contributed by atoms with E-state index in [1.54, 1.807) is 17.0 Å². The molecule has 2 fully saturated rings. The molecule has 3 rings (SSSR count). The van der Waals surface area contributed by atoms with Gasteiger partial charge >= 0.3 is 0 Å². The Labute approximate surface area is 158 Å². The first-order valence-electron chi connectivity index (χ1n) is 8.49. The van der Waals surface area contributed by atoms with Gasteiger partial charge in [-0.05, 0) is 25.0 Å². The maximum Gasteiger partial charge on any atom is 0.244 e. The van der Waals surface area contributed by atoms with Crippen molar-refractivity contribution in [3.63, 3.8) is 0 Å². The Morgan fingerprint density at radius 3 is 2.28 bits per heavy atom. The normalized spacial score (nSPS) is 21.5. The summed E-state index contributed by atoms with van der Waals surface area (Å²) < 4.78 is 27.1. The lowest BCUT2D eigenvalue weighted by molar-refractivity contribution is -0.142. The number of amides is 1. The van der Waals surface area contributed by atoms with Crippen LogP contribution in [0, 0.1) is 5.41 Å². The van der Waals surface area contributed by atoms with Crippen molar-refractivity contribution >= 4 is 39.1 Å². The van der Waals surface area contributed by atoms with Crippen molar-refractivity contribution in [3.8, 4) is 0 Å². The van der Waals surface area contributed by atoms with Crippen LogP contribution in [0.5, 0.6) is 0 Å². The molecule has 5 nitrogen and oxygen atoms in total. The van der Waals surface area contributed by atoms with Crippen molar-refractivity contribution in [2.24, 2.45) is 5.41 Å². The molecule has 0 radical (unpaired) electrons. The topological polar surface area (TPSA) is 57.7 Å². The van der Waals surface area contributed by atoms with Crippen molar-refractivity contribution in [1.82, 2.24) is 9.21 Å². The minimum Gasteiger partial charge on any atom is -0.340 e. The molecule has 1 aliphatic heterocycles. The molecule has 1 amide bonds. The smallest absolute Gasteiger partial charge is 0.244 e. The largest absolute Gasteiger partial charge is 0.340 e. The number of rotatable bonds is 3. The first-order valence-corrected chi connectivity index (χ1v) is 10.7. The molecule has 0 unspecified atom stereocenters. The van der Waals surface area contributed by atoms with Gasteiger partial charge in [-0.15, -0.1) is 0 Å². The van der Waals surface area contributed by atoms with Crippen LogP contribution in [0.25, 0.3) is 0 Å². The number of halogens is 2. The molecular formula is C17H22Cl2N2O3S. The van der Waals surface area contributed by atoms with Crippen LogP contribution in [0.4, 0.5) is 0 Å². The Kier molecular flexibility index (Phi) is 5.36.